The Labute approximate surface area is 104 Å². The van der Waals surface area contributed by atoms with Gasteiger partial charge < -0.3 is 5.32 Å². The highest BCUT2D eigenvalue weighted by Crippen LogP contribution is 2.10. The summed E-state index contributed by atoms with van der Waals surface area (Å²) in [6.45, 7) is 1.19. The van der Waals surface area contributed by atoms with E-state index < -0.39 is 23.4 Å². The summed E-state index contributed by atoms with van der Waals surface area (Å²) < 4.78 is 0. The van der Waals surface area contributed by atoms with E-state index in [-0.39, 0.29) is 5.88 Å². The first-order valence-corrected chi connectivity index (χ1v) is 5.54. The zero-order chi connectivity index (χ0) is 12.8. The van der Waals surface area contributed by atoms with Gasteiger partial charge in [0, 0.05) is 5.69 Å². The Morgan fingerprint density at radius 3 is 2.29 bits per heavy atom. The van der Waals surface area contributed by atoms with Crippen molar-refractivity contribution in [3.63, 3.8) is 0 Å². The summed E-state index contributed by atoms with van der Waals surface area (Å²) >= 11 is 5.36. The van der Waals surface area contributed by atoms with Gasteiger partial charge in [-0.15, -0.1) is 11.6 Å². The van der Waals surface area contributed by atoms with Gasteiger partial charge in [0.25, 0.3) is 0 Å². The number of rotatable bonds is 5. The van der Waals surface area contributed by atoms with Crippen LogP contribution in [0.1, 0.15) is 6.92 Å². The monoisotopic (exact) mass is 253 g/mol. The van der Waals surface area contributed by atoms with E-state index in [0.29, 0.717) is 5.69 Å². The molecule has 1 rings (SSSR count). The number of nitrogens with one attached hydrogen (secondary N) is 1. The number of anilines is 1. The number of Topliss-reactive ketones (excluding diaryl/α,β-unsaturated/α-hetero) is 2. The maximum atomic E-state index is 11.7. The standard InChI is InChI=1S/C12H12ClNO3/c1-8(15)11(10(16)7-13)12(17)14-9-5-3-2-4-6-9/h2-6,11H,7H2,1H3,(H,14,17). The second-order valence-electron chi connectivity index (χ2n) is 3.50. The second-order valence-corrected chi connectivity index (χ2v) is 3.77. The van der Waals surface area contributed by atoms with Crippen LogP contribution in [0.5, 0.6) is 0 Å². The zero-order valence-electron chi connectivity index (χ0n) is 9.27. The van der Waals surface area contributed by atoms with Gasteiger partial charge >= 0.3 is 0 Å². The van der Waals surface area contributed by atoms with Crippen molar-refractivity contribution in [1.29, 1.82) is 0 Å². The molecule has 0 saturated carbocycles. The highest BCUT2D eigenvalue weighted by atomic mass is 35.5. The number of hydrogen-bond donors (Lipinski definition) is 1. The third kappa shape index (κ3) is 3.67. The number of para-hydroxylation sites is 1. The molecule has 0 bridgehead atoms. The summed E-state index contributed by atoms with van der Waals surface area (Å²) in [4.78, 5) is 34.4. The molecule has 1 N–H and O–H groups in total. The number of halogens is 1. The molecule has 0 fully saturated rings. The van der Waals surface area contributed by atoms with Gasteiger partial charge in [0.2, 0.25) is 5.91 Å². The number of amides is 1. The van der Waals surface area contributed by atoms with Gasteiger partial charge in [-0.05, 0) is 19.1 Å². The van der Waals surface area contributed by atoms with Crippen LogP contribution in [0.3, 0.4) is 0 Å². The van der Waals surface area contributed by atoms with E-state index in [0.717, 1.165) is 0 Å². The molecule has 1 aromatic carbocycles. The first-order chi connectivity index (χ1) is 8.06. The van der Waals surface area contributed by atoms with E-state index in [1.165, 1.54) is 6.92 Å². The molecule has 4 nitrogen and oxygen atoms in total. The lowest BCUT2D eigenvalue weighted by Gasteiger charge is -2.11. The smallest absolute Gasteiger partial charge is 0.242 e. The van der Waals surface area contributed by atoms with E-state index in [1.807, 2.05) is 0 Å². The Balaban J connectivity index is 2.80. The SMILES string of the molecule is CC(=O)C(C(=O)CCl)C(=O)Nc1ccccc1. The molecule has 17 heavy (non-hydrogen) atoms. The Hall–Kier alpha value is -1.68. The van der Waals surface area contributed by atoms with Crippen LogP contribution in [0.25, 0.3) is 0 Å². The van der Waals surface area contributed by atoms with Gasteiger partial charge in [-0.25, -0.2) is 0 Å². The first-order valence-electron chi connectivity index (χ1n) is 5.01. The van der Waals surface area contributed by atoms with Crippen LogP contribution in [-0.4, -0.2) is 23.4 Å². The van der Waals surface area contributed by atoms with Crippen molar-refractivity contribution < 1.29 is 14.4 Å². The number of ketones is 2. The highest BCUT2D eigenvalue weighted by Gasteiger charge is 2.30. The molecule has 1 aromatic rings. The number of carbonyl (C=O) groups excluding carboxylic acids is 3. The molecule has 90 valence electrons. The number of carbonyl (C=O) groups is 3. The fourth-order valence-electron chi connectivity index (χ4n) is 1.37. The Morgan fingerprint density at radius 1 is 1.24 bits per heavy atom. The summed E-state index contributed by atoms with van der Waals surface area (Å²) in [6.07, 6.45) is 0. The summed E-state index contributed by atoms with van der Waals surface area (Å²) in [7, 11) is 0. The fourth-order valence-corrected chi connectivity index (χ4v) is 1.52. The molecule has 0 aliphatic heterocycles. The van der Waals surface area contributed by atoms with Crippen LogP contribution >= 0.6 is 11.6 Å². The van der Waals surface area contributed by atoms with Crippen molar-refractivity contribution in [3.8, 4) is 0 Å². The highest BCUT2D eigenvalue weighted by molar-refractivity contribution is 6.34. The van der Waals surface area contributed by atoms with Crippen LogP contribution in [0.4, 0.5) is 5.69 Å². The maximum Gasteiger partial charge on any atom is 0.242 e. The van der Waals surface area contributed by atoms with Crippen LogP contribution in [0.2, 0.25) is 0 Å². The molecule has 0 aliphatic rings. The lowest BCUT2D eigenvalue weighted by Crippen LogP contribution is -2.35. The normalized spacial score (nSPS) is 11.6. The molecule has 0 aromatic heterocycles. The lowest BCUT2D eigenvalue weighted by molar-refractivity contribution is -0.136. The molecule has 0 aliphatic carbocycles. The molecule has 5 heteroatoms. The predicted molar refractivity (Wildman–Crippen MR) is 65.0 cm³/mol. The van der Waals surface area contributed by atoms with E-state index in [2.05, 4.69) is 5.32 Å². The van der Waals surface area contributed by atoms with Crippen LogP contribution in [-0.2, 0) is 14.4 Å². The Kier molecular flexibility index (Phi) is 4.84. The summed E-state index contributed by atoms with van der Waals surface area (Å²) in [6, 6.07) is 8.60. The van der Waals surface area contributed by atoms with Gasteiger partial charge in [-0.2, -0.15) is 0 Å². The van der Waals surface area contributed by atoms with Gasteiger partial charge in [0.1, 0.15) is 5.78 Å². The van der Waals surface area contributed by atoms with Gasteiger partial charge in [0.05, 0.1) is 5.88 Å². The van der Waals surface area contributed by atoms with Crippen LogP contribution < -0.4 is 5.32 Å². The minimum Gasteiger partial charge on any atom is -0.325 e. The minimum absolute atomic E-state index is 0.355. The fraction of sp³-hybridized carbons (Fsp3) is 0.250. The van der Waals surface area contributed by atoms with Crippen molar-refractivity contribution in [2.75, 3.05) is 11.2 Å². The van der Waals surface area contributed by atoms with Crippen molar-refractivity contribution >= 4 is 34.8 Å². The third-order valence-corrected chi connectivity index (χ3v) is 2.43. The summed E-state index contributed by atoms with van der Waals surface area (Å²) in [5, 5.41) is 2.50. The van der Waals surface area contributed by atoms with Gasteiger partial charge in [-0.3, -0.25) is 14.4 Å². The second kappa shape index (κ2) is 6.15. The Morgan fingerprint density at radius 2 is 1.82 bits per heavy atom. The first kappa shape index (κ1) is 13.4. The average molecular weight is 254 g/mol. The molecule has 0 heterocycles. The molecular formula is C12H12ClNO3. The predicted octanol–water partition coefficient (Wildman–Crippen LogP) is 1.64. The quantitative estimate of drug-likeness (QED) is 0.641. The average Bonchev–Trinajstić information content (AvgIpc) is 2.29. The third-order valence-electron chi connectivity index (χ3n) is 2.16. The zero-order valence-corrected chi connectivity index (χ0v) is 10.0. The van der Waals surface area contributed by atoms with E-state index in [4.69, 9.17) is 11.6 Å². The largest absolute Gasteiger partial charge is 0.325 e. The molecule has 1 unspecified atom stereocenters. The number of hydrogen-bond acceptors (Lipinski definition) is 3. The van der Waals surface area contributed by atoms with Gasteiger partial charge in [-0.1, -0.05) is 18.2 Å². The van der Waals surface area contributed by atoms with Crippen molar-refractivity contribution in [2.24, 2.45) is 5.92 Å². The van der Waals surface area contributed by atoms with E-state index >= 15 is 0 Å². The topological polar surface area (TPSA) is 63.2 Å². The summed E-state index contributed by atoms with van der Waals surface area (Å²) in [5.41, 5.74) is 0.533. The number of alkyl halides is 1. The number of benzene rings is 1. The molecule has 0 spiro atoms. The minimum atomic E-state index is -1.33. The van der Waals surface area contributed by atoms with Crippen molar-refractivity contribution in [2.45, 2.75) is 6.92 Å². The molecule has 1 atom stereocenters. The molecule has 0 radical (unpaired) electrons. The van der Waals surface area contributed by atoms with Crippen molar-refractivity contribution in [3.05, 3.63) is 30.3 Å². The van der Waals surface area contributed by atoms with Crippen molar-refractivity contribution in [1.82, 2.24) is 0 Å². The lowest BCUT2D eigenvalue weighted by atomic mass is 10.00. The summed E-state index contributed by atoms with van der Waals surface area (Å²) in [5.74, 6) is -3.43. The van der Waals surface area contributed by atoms with Gasteiger partial charge in [0.15, 0.2) is 11.7 Å². The maximum absolute atomic E-state index is 11.7. The molecular weight excluding hydrogens is 242 g/mol. The molecule has 0 saturated heterocycles. The van der Waals surface area contributed by atoms with E-state index in [9.17, 15) is 14.4 Å². The van der Waals surface area contributed by atoms with Crippen LogP contribution in [0, 0.1) is 5.92 Å². The van der Waals surface area contributed by atoms with E-state index in [1.54, 1.807) is 30.3 Å². The Bertz CT molecular complexity index is 431. The molecule has 1 amide bonds. The van der Waals surface area contributed by atoms with Crippen LogP contribution in [0.15, 0.2) is 30.3 Å².